The molecule has 0 aliphatic carbocycles. The van der Waals surface area contributed by atoms with Gasteiger partial charge in [0.15, 0.2) is 11.5 Å². The fourth-order valence-corrected chi connectivity index (χ4v) is 1.42. The molecule has 0 bridgehead atoms. The molecule has 0 fully saturated rings. The van der Waals surface area contributed by atoms with Crippen LogP contribution in [0.5, 0.6) is 17.2 Å². The molecule has 0 radical (unpaired) electrons. The van der Waals surface area contributed by atoms with Crippen LogP contribution in [0.1, 0.15) is 15.9 Å². The smallest absolute Gasteiger partial charge is 0.271 e. The number of carbonyl (C=O) groups excluding carboxylic acids is 1. The van der Waals surface area contributed by atoms with Gasteiger partial charge in [-0.15, -0.1) is 0 Å². The topological polar surface area (TPSA) is 115 Å². The van der Waals surface area contributed by atoms with Crippen molar-refractivity contribution in [2.75, 3.05) is 0 Å². The highest BCUT2D eigenvalue weighted by Crippen LogP contribution is 2.36. The van der Waals surface area contributed by atoms with Gasteiger partial charge in [0.2, 0.25) is 5.75 Å². The van der Waals surface area contributed by atoms with Crippen molar-refractivity contribution >= 4 is 12.1 Å². The fourth-order valence-electron chi connectivity index (χ4n) is 1.42. The van der Waals surface area contributed by atoms with Crippen LogP contribution in [0, 0.1) is 0 Å². The third kappa shape index (κ3) is 2.83. The molecule has 1 aromatic carbocycles. The first-order valence-corrected chi connectivity index (χ1v) is 5.57. The number of carbonyl (C=O) groups is 1. The number of amides is 1. The van der Waals surface area contributed by atoms with E-state index >= 15 is 0 Å². The van der Waals surface area contributed by atoms with E-state index in [0.29, 0.717) is 5.56 Å². The van der Waals surface area contributed by atoms with Gasteiger partial charge in [-0.05, 0) is 24.3 Å². The fraction of sp³-hybridized carbons (Fsp3) is 0. The molecule has 0 aliphatic heterocycles. The van der Waals surface area contributed by atoms with Gasteiger partial charge in [0.05, 0.1) is 6.21 Å². The molecular formula is C13H11N3O4. The van der Waals surface area contributed by atoms with Gasteiger partial charge in [-0.25, -0.2) is 5.43 Å². The molecular weight excluding hydrogens is 262 g/mol. The Morgan fingerprint density at radius 2 is 1.80 bits per heavy atom. The quantitative estimate of drug-likeness (QED) is 0.378. The highest BCUT2D eigenvalue weighted by Gasteiger charge is 2.09. The molecule has 1 aromatic heterocycles. The lowest BCUT2D eigenvalue weighted by Crippen LogP contribution is -2.17. The number of rotatable bonds is 3. The van der Waals surface area contributed by atoms with Gasteiger partial charge in [-0.2, -0.15) is 5.10 Å². The first-order chi connectivity index (χ1) is 9.59. The van der Waals surface area contributed by atoms with E-state index in [1.807, 2.05) is 0 Å². The molecule has 4 N–H and O–H groups in total. The summed E-state index contributed by atoms with van der Waals surface area (Å²) in [7, 11) is 0. The number of benzene rings is 1. The molecule has 1 amide bonds. The largest absolute Gasteiger partial charge is 0.504 e. The van der Waals surface area contributed by atoms with E-state index in [2.05, 4.69) is 15.5 Å². The Labute approximate surface area is 113 Å². The van der Waals surface area contributed by atoms with Crippen molar-refractivity contribution in [3.8, 4) is 17.2 Å². The molecule has 0 saturated heterocycles. The lowest BCUT2D eigenvalue weighted by atomic mass is 10.2. The van der Waals surface area contributed by atoms with Gasteiger partial charge in [0.1, 0.15) is 0 Å². The standard InChI is InChI=1S/C13H11N3O4/c17-10-2-1-9(11(18)12(10)19)7-15-16-13(20)8-3-5-14-6-4-8/h1-7,17-19H,(H,16,20)/b15-7+. The van der Waals surface area contributed by atoms with E-state index in [1.165, 1.54) is 36.7 Å². The average Bonchev–Trinajstić information content (AvgIpc) is 2.48. The number of hydrogen-bond donors (Lipinski definition) is 4. The summed E-state index contributed by atoms with van der Waals surface area (Å²) in [5.41, 5.74) is 2.79. The number of aromatic nitrogens is 1. The highest BCUT2D eigenvalue weighted by atomic mass is 16.3. The lowest BCUT2D eigenvalue weighted by molar-refractivity contribution is 0.0955. The summed E-state index contributed by atoms with van der Waals surface area (Å²) in [5.74, 6) is -2.05. The van der Waals surface area contributed by atoms with Crippen LogP contribution >= 0.6 is 0 Å². The van der Waals surface area contributed by atoms with Crippen molar-refractivity contribution in [2.45, 2.75) is 0 Å². The van der Waals surface area contributed by atoms with Crippen LogP contribution < -0.4 is 5.43 Å². The van der Waals surface area contributed by atoms with Crippen LogP contribution in [0.3, 0.4) is 0 Å². The second-order valence-corrected chi connectivity index (χ2v) is 3.81. The summed E-state index contributed by atoms with van der Waals surface area (Å²) in [4.78, 5) is 15.4. The van der Waals surface area contributed by atoms with Crippen LogP contribution in [0.15, 0.2) is 41.8 Å². The minimum atomic E-state index is -0.644. The van der Waals surface area contributed by atoms with E-state index in [-0.39, 0.29) is 5.56 Å². The molecule has 0 saturated carbocycles. The second-order valence-electron chi connectivity index (χ2n) is 3.81. The average molecular weight is 273 g/mol. The Bertz CT molecular complexity index is 656. The highest BCUT2D eigenvalue weighted by molar-refractivity contribution is 5.95. The maximum absolute atomic E-state index is 11.6. The van der Waals surface area contributed by atoms with E-state index < -0.39 is 23.2 Å². The summed E-state index contributed by atoms with van der Waals surface area (Å²) < 4.78 is 0. The van der Waals surface area contributed by atoms with E-state index in [4.69, 9.17) is 5.11 Å². The van der Waals surface area contributed by atoms with Crippen molar-refractivity contribution in [3.05, 3.63) is 47.8 Å². The number of aromatic hydroxyl groups is 3. The molecule has 102 valence electrons. The second kappa shape index (κ2) is 5.70. The van der Waals surface area contributed by atoms with Crippen molar-refractivity contribution in [1.29, 1.82) is 0 Å². The van der Waals surface area contributed by atoms with Gasteiger partial charge in [-0.1, -0.05) is 0 Å². The molecule has 0 aliphatic rings. The van der Waals surface area contributed by atoms with Gasteiger partial charge >= 0.3 is 0 Å². The zero-order valence-electron chi connectivity index (χ0n) is 10.2. The number of nitrogens with zero attached hydrogens (tertiary/aromatic N) is 2. The maximum atomic E-state index is 11.6. The van der Waals surface area contributed by atoms with Gasteiger partial charge < -0.3 is 15.3 Å². The number of hydrogen-bond acceptors (Lipinski definition) is 6. The van der Waals surface area contributed by atoms with Crippen molar-refractivity contribution in [3.63, 3.8) is 0 Å². The summed E-state index contributed by atoms with van der Waals surface area (Å²) in [5, 5.41) is 31.7. The van der Waals surface area contributed by atoms with Crippen molar-refractivity contribution in [1.82, 2.24) is 10.4 Å². The summed E-state index contributed by atoms with van der Waals surface area (Å²) in [6.07, 6.45) is 4.10. The third-order valence-corrected chi connectivity index (χ3v) is 2.47. The molecule has 0 atom stereocenters. The Hall–Kier alpha value is -3.09. The summed E-state index contributed by atoms with van der Waals surface area (Å²) in [6, 6.07) is 5.58. The van der Waals surface area contributed by atoms with Crippen LogP contribution in [0.4, 0.5) is 0 Å². The Morgan fingerprint density at radius 3 is 2.50 bits per heavy atom. The zero-order valence-corrected chi connectivity index (χ0v) is 10.2. The molecule has 0 unspecified atom stereocenters. The first kappa shape index (κ1) is 13.3. The van der Waals surface area contributed by atoms with Crippen molar-refractivity contribution < 1.29 is 20.1 Å². The molecule has 7 nitrogen and oxygen atoms in total. The van der Waals surface area contributed by atoms with Gasteiger partial charge in [0.25, 0.3) is 5.91 Å². The number of pyridine rings is 1. The van der Waals surface area contributed by atoms with E-state index in [1.54, 1.807) is 0 Å². The maximum Gasteiger partial charge on any atom is 0.271 e. The Morgan fingerprint density at radius 1 is 1.10 bits per heavy atom. The van der Waals surface area contributed by atoms with Crippen LogP contribution in [-0.2, 0) is 0 Å². The predicted molar refractivity (Wildman–Crippen MR) is 70.7 cm³/mol. The molecule has 0 spiro atoms. The third-order valence-electron chi connectivity index (χ3n) is 2.47. The lowest BCUT2D eigenvalue weighted by Gasteiger charge is -2.03. The van der Waals surface area contributed by atoms with Crippen molar-refractivity contribution in [2.24, 2.45) is 5.10 Å². The molecule has 2 aromatic rings. The SMILES string of the molecule is O=C(N/N=C/c1ccc(O)c(O)c1O)c1ccncc1. The number of hydrazone groups is 1. The Kier molecular flexibility index (Phi) is 3.80. The molecule has 2 rings (SSSR count). The summed E-state index contributed by atoms with van der Waals surface area (Å²) in [6.45, 7) is 0. The minimum absolute atomic E-state index is 0.148. The monoisotopic (exact) mass is 273 g/mol. The molecule has 20 heavy (non-hydrogen) atoms. The zero-order chi connectivity index (χ0) is 14.5. The van der Waals surface area contributed by atoms with Crippen LogP contribution in [0.2, 0.25) is 0 Å². The summed E-state index contributed by atoms with van der Waals surface area (Å²) >= 11 is 0. The van der Waals surface area contributed by atoms with E-state index in [9.17, 15) is 15.0 Å². The normalized spacial score (nSPS) is 10.6. The first-order valence-electron chi connectivity index (χ1n) is 5.57. The van der Waals surface area contributed by atoms with Gasteiger partial charge in [0, 0.05) is 23.5 Å². The number of phenolic OH excluding ortho intramolecular Hbond substituents is 3. The molecule has 7 heteroatoms. The van der Waals surface area contributed by atoms with Gasteiger partial charge in [-0.3, -0.25) is 9.78 Å². The predicted octanol–water partition coefficient (Wildman–Crippen LogP) is 0.962. The molecule has 1 heterocycles. The van der Waals surface area contributed by atoms with E-state index in [0.717, 1.165) is 6.21 Å². The van der Waals surface area contributed by atoms with Crippen LogP contribution in [0.25, 0.3) is 0 Å². The minimum Gasteiger partial charge on any atom is -0.504 e. The number of phenols is 3. The number of nitrogens with one attached hydrogen (secondary N) is 1. The van der Waals surface area contributed by atoms with Crippen LogP contribution in [-0.4, -0.2) is 32.4 Å². The Balaban J connectivity index is 2.08.